The van der Waals surface area contributed by atoms with Crippen LogP contribution in [0.4, 0.5) is 5.82 Å². The number of hydrogen-bond acceptors (Lipinski definition) is 5. The molecule has 1 aliphatic carbocycles. The van der Waals surface area contributed by atoms with Crippen LogP contribution in [0.15, 0.2) is 29.6 Å². The molecule has 0 bridgehead atoms. The quantitative estimate of drug-likeness (QED) is 0.738. The number of allylic oxidation sites excluding steroid dienone is 1. The Bertz CT molecular complexity index is 895. The second-order valence-electron chi connectivity index (χ2n) is 6.28. The number of pyridine rings is 1. The summed E-state index contributed by atoms with van der Waals surface area (Å²) < 4.78 is 0. The molecule has 2 aliphatic rings. The summed E-state index contributed by atoms with van der Waals surface area (Å²) in [7, 11) is 0. The predicted molar refractivity (Wildman–Crippen MR) is 101 cm³/mol. The molecule has 4 N–H and O–H groups in total. The topological polar surface area (TPSA) is 94.7 Å². The van der Waals surface area contributed by atoms with Gasteiger partial charge in [-0.25, -0.2) is 9.97 Å². The van der Waals surface area contributed by atoms with Gasteiger partial charge in [-0.3, -0.25) is 0 Å². The number of H-pyrrole nitrogens is 1. The van der Waals surface area contributed by atoms with E-state index in [1.54, 1.807) is 6.20 Å². The van der Waals surface area contributed by atoms with Crippen molar-refractivity contribution in [2.75, 3.05) is 18.0 Å². The highest BCUT2D eigenvalue weighted by Gasteiger charge is 2.20. The molecule has 0 fully saturated rings. The van der Waals surface area contributed by atoms with Crippen molar-refractivity contribution in [2.24, 2.45) is 5.73 Å². The van der Waals surface area contributed by atoms with Gasteiger partial charge in [0, 0.05) is 54.4 Å². The van der Waals surface area contributed by atoms with Gasteiger partial charge in [-0.1, -0.05) is 17.7 Å². The molecule has 25 heavy (non-hydrogen) atoms. The van der Waals surface area contributed by atoms with Crippen LogP contribution in [0, 0.1) is 5.41 Å². The third-order valence-corrected chi connectivity index (χ3v) is 4.97. The lowest BCUT2D eigenvalue weighted by molar-refractivity contribution is 0.757. The standard InChI is InChI=1S/C18H19ClN6/c19-13-9-22-17(25-6-5-14(21)11(8-20)10-25)7-12(13)18-23-15-3-1-2-4-16(15)24-18/h1,3,7-9,20H,2,4-6,10,21H2,(H,23,24). The first-order valence-electron chi connectivity index (χ1n) is 8.30. The van der Waals surface area contributed by atoms with Crippen LogP contribution in [0.25, 0.3) is 17.5 Å². The Balaban J connectivity index is 1.69. The summed E-state index contributed by atoms with van der Waals surface area (Å²) in [6, 6.07) is 1.96. The Kier molecular flexibility index (Phi) is 4.05. The number of anilines is 1. The number of hydrogen-bond donors (Lipinski definition) is 3. The molecule has 0 aromatic carbocycles. The molecule has 3 heterocycles. The fourth-order valence-corrected chi connectivity index (χ4v) is 3.41. The molecule has 4 rings (SSSR count). The number of imidazole rings is 1. The van der Waals surface area contributed by atoms with Crippen LogP contribution in [0.3, 0.4) is 0 Å². The largest absolute Gasteiger partial charge is 0.402 e. The molecule has 6 nitrogen and oxygen atoms in total. The minimum atomic E-state index is 0.568. The zero-order valence-electron chi connectivity index (χ0n) is 13.7. The number of rotatable bonds is 3. The Morgan fingerprint density at radius 3 is 3.04 bits per heavy atom. The van der Waals surface area contributed by atoms with E-state index in [0.717, 1.165) is 65.7 Å². The van der Waals surface area contributed by atoms with Gasteiger partial charge in [0.15, 0.2) is 0 Å². The van der Waals surface area contributed by atoms with E-state index in [-0.39, 0.29) is 0 Å². The van der Waals surface area contributed by atoms with Gasteiger partial charge in [0.25, 0.3) is 0 Å². The van der Waals surface area contributed by atoms with Crippen molar-refractivity contribution in [2.45, 2.75) is 19.3 Å². The predicted octanol–water partition coefficient (Wildman–Crippen LogP) is 3.16. The zero-order chi connectivity index (χ0) is 17.4. The van der Waals surface area contributed by atoms with Gasteiger partial charge in [0.1, 0.15) is 11.6 Å². The Morgan fingerprint density at radius 2 is 2.24 bits per heavy atom. The fourth-order valence-electron chi connectivity index (χ4n) is 3.22. The van der Waals surface area contributed by atoms with Gasteiger partial charge in [-0.05, 0) is 25.0 Å². The Labute approximate surface area is 150 Å². The summed E-state index contributed by atoms with van der Waals surface area (Å²) in [6.07, 6.45) is 9.88. The maximum Gasteiger partial charge on any atom is 0.139 e. The van der Waals surface area contributed by atoms with Crippen LogP contribution < -0.4 is 10.6 Å². The van der Waals surface area contributed by atoms with E-state index in [1.807, 2.05) is 12.1 Å². The van der Waals surface area contributed by atoms with Crippen molar-refractivity contribution >= 4 is 29.7 Å². The van der Waals surface area contributed by atoms with E-state index in [1.165, 1.54) is 6.21 Å². The van der Waals surface area contributed by atoms with Crippen molar-refractivity contribution in [1.29, 1.82) is 5.41 Å². The van der Waals surface area contributed by atoms with Gasteiger partial charge in [-0.15, -0.1) is 0 Å². The van der Waals surface area contributed by atoms with Crippen LogP contribution in [0.2, 0.25) is 5.02 Å². The van der Waals surface area contributed by atoms with Crippen LogP contribution in [0.1, 0.15) is 24.2 Å². The monoisotopic (exact) mass is 354 g/mol. The maximum absolute atomic E-state index is 7.51. The minimum absolute atomic E-state index is 0.568. The van der Waals surface area contributed by atoms with Gasteiger partial charge in [0.05, 0.1) is 10.7 Å². The summed E-state index contributed by atoms with van der Waals surface area (Å²) in [4.78, 5) is 14.6. The molecule has 2 aromatic rings. The molecule has 128 valence electrons. The maximum atomic E-state index is 7.51. The molecule has 1 aliphatic heterocycles. The van der Waals surface area contributed by atoms with Crippen LogP contribution in [-0.2, 0) is 6.42 Å². The van der Waals surface area contributed by atoms with Crippen LogP contribution in [0.5, 0.6) is 0 Å². The SMILES string of the molecule is N=CC1=C(N)CCN(c2cc(-c3nc4c([nH]3)CCC=C4)c(Cl)cn2)C1. The van der Waals surface area contributed by atoms with E-state index >= 15 is 0 Å². The second kappa shape index (κ2) is 6.37. The summed E-state index contributed by atoms with van der Waals surface area (Å²) in [5.74, 6) is 1.58. The summed E-state index contributed by atoms with van der Waals surface area (Å²) in [6.45, 7) is 1.36. The van der Waals surface area contributed by atoms with E-state index in [4.69, 9.17) is 22.7 Å². The van der Waals surface area contributed by atoms with Crippen LogP contribution >= 0.6 is 11.6 Å². The molecule has 0 radical (unpaired) electrons. The van der Waals surface area contributed by atoms with Gasteiger partial charge < -0.3 is 21.0 Å². The first-order chi connectivity index (χ1) is 12.2. The molecule has 0 saturated heterocycles. The summed E-state index contributed by atoms with van der Waals surface area (Å²) in [5.41, 5.74) is 10.6. The zero-order valence-corrected chi connectivity index (χ0v) is 14.5. The number of aromatic amines is 1. The average Bonchev–Trinajstić information content (AvgIpc) is 3.06. The molecule has 0 saturated carbocycles. The first kappa shape index (κ1) is 15.9. The van der Waals surface area contributed by atoms with Crippen molar-refractivity contribution in [3.8, 4) is 11.4 Å². The lowest BCUT2D eigenvalue weighted by Crippen LogP contribution is -2.34. The van der Waals surface area contributed by atoms with E-state index in [2.05, 4.69) is 25.9 Å². The lowest BCUT2D eigenvalue weighted by Gasteiger charge is -2.29. The number of fused-ring (bicyclic) bond motifs is 1. The fraction of sp³-hybridized carbons (Fsp3) is 0.278. The van der Waals surface area contributed by atoms with E-state index in [0.29, 0.717) is 11.6 Å². The van der Waals surface area contributed by atoms with Crippen molar-refractivity contribution in [1.82, 2.24) is 15.0 Å². The smallest absolute Gasteiger partial charge is 0.139 e. The highest BCUT2D eigenvalue weighted by molar-refractivity contribution is 6.33. The molecule has 0 unspecified atom stereocenters. The molecule has 0 spiro atoms. The number of halogens is 1. The van der Waals surface area contributed by atoms with Gasteiger partial charge >= 0.3 is 0 Å². The number of aromatic nitrogens is 3. The normalized spacial score (nSPS) is 16.9. The average molecular weight is 355 g/mol. The van der Waals surface area contributed by atoms with Crippen LogP contribution in [-0.4, -0.2) is 34.3 Å². The molecule has 0 atom stereocenters. The Morgan fingerprint density at radius 1 is 1.36 bits per heavy atom. The third kappa shape index (κ3) is 2.93. The molecule has 2 aromatic heterocycles. The highest BCUT2D eigenvalue weighted by Crippen LogP contribution is 2.31. The molecular formula is C18H19ClN6. The van der Waals surface area contributed by atoms with Crippen molar-refractivity contribution in [3.05, 3.63) is 46.0 Å². The minimum Gasteiger partial charge on any atom is -0.402 e. The number of aryl methyl sites for hydroxylation is 1. The first-order valence-corrected chi connectivity index (χ1v) is 8.67. The number of nitrogens with two attached hydrogens (primary N) is 1. The summed E-state index contributed by atoms with van der Waals surface area (Å²) >= 11 is 6.39. The molecule has 7 heteroatoms. The van der Waals surface area contributed by atoms with Gasteiger partial charge in [0.2, 0.25) is 0 Å². The van der Waals surface area contributed by atoms with E-state index < -0.39 is 0 Å². The second-order valence-corrected chi connectivity index (χ2v) is 6.69. The van der Waals surface area contributed by atoms with Gasteiger partial charge in [-0.2, -0.15) is 0 Å². The number of nitrogens with zero attached hydrogens (tertiary/aromatic N) is 3. The van der Waals surface area contributed by atoms with Crippen molar-refractivity contribution in [3.63, 3.8) is 0 Å². The summed E-state index contributed by atoms with van der Waals surface area (Å²) in [5, 5.41) is 8.08. The van der Waals surface area contributed by atoms with Crippen molar-refractivity contribution < 1.29 is 0 Å². The van der Waals surface area contributed by atoms with E-state index in [9.17, 15) is 0 Å². The molecule has 0 amide bonds. The highest BCUT2D eigenvalue weighted by atomic mass is 35.5. The number of nitrogens with one attached hydrogen (secondary N) is 2. The Hall–Kier alpha value is -2.60. The lowest BCUT2D eigenvalue weighted by atomic mass is 10.1. The molecular weight excluding hydrogens is 336 g/mol. The third-order valence-electron chi connectivity index (χ3n) is 4.67.